The highest BCUT2D eigenvalue weighted by atomic mass is 16.7. The lowest BCUT2D eigenvalue weighted by Gasteiger charge is -2.25. The van der Waals surface area contributed by atoms with Gasteiger partial charge < -0.3 is 14.4 Å². The molecular formula is C19H20N2O3. The Morgan fingerprint density at radius 1 is 1.08 bits per heavy atom. The quantitative estimate of drug-likeness (QED) is 0.870. The normalized spacial score (nSPS) is 21.3. The molecule has 2 fully saturated rings. The van der Waals surface area contributed by atoms with E-state index in [0.29, 0.717) is 18.8 Å². The molecule has 2 saturated heterocycles. The van der Waals surface area contributed by atoms with Crippen LogP contribution in [-0.4, -0.2) is 35.5 Å². The number of nitrogens with zero attached hydrogens (tertiary/aromatic N) is 2. The smallest absolute Gasteiger partial charge is 0.254 e. The molecule has 0 aliphatic carbocycles. The van der Waals surface area contributed by atoms with Crippen LogP contribution in [0.4, 0.5) is 0 Å². The van der Waals surface area contributed by atoms with Crippen molar-refractivity contribution in [2.24, 2.45) is 0 Å². The van der Waals surface area contributed by atoms with Gasteiger partial charge in [0.15, 0.2) is 6.29 Å². The molecule has 5 heteroatoms. The lowest BCUT2D eigenvalue weighted by atomic mass is 10.0. The van der Waals surface area contributed by atoms with Crippen LogP contribution in [-0.2, 0) is 9.47 Å². The summed E-state index contributed by atoms with van der Waals surface area (Å²) < 4.78 is 11.1. The lowest BCUT2D eigenvalue weighted by Crippen LogP contribution is -2.30. The molecule has 2 aromatic rings. The lowest BCUT2D eigenvalue weighted by molar-refractivity contribution is -0.0441. The van der Waals surface area contributed by atoms with E-state index in [1.165, 1.54) is 0 Å². The minimum absolute atomic E-state index is 0.0640. The summed E-state index contributed by atoms with van der Waals surface area (Å²) in [6.07, 6.45) is 5.22. The largest absolute Gasteiger partial charge is 0.346 e. The molecular weight excluding hydrogens is 304 g/mol. The molecule has 2 aliphatic rings. The van der Waals surface area contributed by atoms with E-state index in [0.717, 1.165) is 30.5 Å². The Morgan fingerprint density at radius 2 is 1.88 bits per heavy atom. The zero-order chi connectivity index (χ0) is 16.4. The van der Waals surface area contributed by atoms with Crippen LogP contribution in [0.3, 0.4) is 0 Å². The molecule has 24 heavy (non-hydrogen) atoms. The number of benzene rings is 1. The number of amides is 1. The van der Waals surface area contributed by atoms with Gasteiger partial charge in [0.05, 0.1) is 19.3 Å². The summed E-state index contributed by atoms with van der Waals surface area (Å²) in [5.74, 6) is 0.0640. The van der Waals surface area contributed by atoms with Gasteiger partial charge in [0.1, 0.15) is 0 Å². The third-order valence-electron chi connectivity index (χ3n) is 4.63. The molecule has 1 aromatic heterocycles. The number of ether oxygens (including phenoxy) is 2. The van der Waals surface area contributed by atoms with E-state index in [4.69, 9.17) is 9.47 Å². The van der Waals surface area contributed by atoms with Crippen molar-refractivity contribution in [2.75, 3.05) is 19.8 Å². The average molecular weight is 324 g/mol. The standard InChI is InChI=1S/C19H20N2O3/c22-18(15-3-1-4-16(13-15)19-23-11-12-24-19)21-10-2-5-17(21)14-6-8-20-9-7-14/h1,3-4,6-9,13,17,19H,2,5,10-12H2/t17-/m0/s1. The van der Waals surface area contributed by atoms with Crippen molar-refractivity contribution >= 4 is 5.91 Å². The highest BCUT2D eigenvalue weighted by molar-refractivity contribution is 5.94. The zero-order valence-corrected chi connectivity index (χ0v) is 13.4. The fourth-order valence-electron chi connectivity index (χ4n) is 3.48. The van der Waals surface area contributed by atoms with Crippen LogP contribution in [0.15, 0.2) is 48.8 Å². The Hall–Kier alpha value is -2.24. The van der Waals surface area contributed by atoms with E-state index in [-0.39, 0.29) is 18.2 Å². The number of carbonyl (C=O) groups excluding carboxylic acids is 1. The van der Waals surface area contributed by atoms with Gasteiger partial charge in [0, 0.05) is 30.1 Å². The molecule has 124 valence electrons. The molecule has 0 N–H and O–H groups in total. The Bertz CT molecular complexity index is 714. The van der Waals surface area contributed by atoms with Crippen molar-refractivity contribution in [3.63, 3.8) is 0 Å². The van der Waals surface area contributed by atoms with Gasteiger partial charge in [-0.25, -0.2) is 0 Å². The van der Waals surface area contributed by atoms with Crippen molar-refractivity contribution in [1.82, 2.24) is 9.88 Å². The van der Waals surface area contributed by atoms with Crippen LogP contribution in [0, 0.1) is 0 Å². The van der Waals surface area contributed by atoms with Crippen molar-refractivity contribution in [3.8, 4) is 0 Å². The summed E-state index contributed by atoms with van der Waals surface area (Å²) in [6, 6.07) is 11.7. The number of rotatable bonds is 3. The molecule has 0 unspecified atom stereocenters. The Kier molecular flexibility index (Phi) is 4.28. The van der Waals surface area contributed by atoms with Crippen LogP contribution < -0.4 is 0 Å². The van der Waals surface area contributed by atoms with Crippen molar-refractivity contribution in [3.05, 3.63) is 65.5 Å². The number of likely N-dealkylation sites (tertiary alicyclic amines) is 1. The molecule has 1 atom stereocenters. The fraction of sp³-hybridized carbons (Fsp3) is 0.368. The predicted molar refractivity (Wildman–Crippen MR) is 88.3 cm³/mol. The van der Waals surface area contributed by atoms with Gasteiger partial charge in [-0.3, -0.25) is 9.78 Å². The van der Waals surface area contributed by atoms with E-state index < -0.39 is 0 Å². The number of pyridine rings is 1. The summed E-state index contributed by atoms with van der Waals surface area (Å²) in [5, 5.41) is 0. The topological polar surface area (TPSA) is 51.7 Å². The molecule has 0 radical (unpaired) electrons. The number of hydrogen-bond acceptors (Lipinski definition) is 4. The molecule has 3 heterocycles. The van der Waals surface area contributed by atoms with Gasteiger partial charge in [-0.05, 0) is 42.7 Å². The zero-order valence-electron chi connectivity index (χ0n) is 13.4. The second-order valence-corrected chi connectivity index (χ2v) is 6.14. The van der Waals surface area contributed by atoms with Crippen LogP contribution in [0.2, 0.25) is 0 Å². The Labute approximate surface area is 141 Å². The fourth-order valence-corrected chi connectivity index (χ4v) is 3.48. The summed E-state index contributed by atoms with van der Waals surface area (Å²) in [5.41, 5.74) is 2.74. The highest BCUT2D eigenvalue weighted by Crippen LogP contribution is 2.33. The molecule has 0 saturated carbocycles. The number of aromatic nitrogens is 1. The molecule has 5 nitrogen and oxygen atoms in total. The Balaban J connectivity index is 1.57. The molecule has 0 spiro atoms. The maximum Gasteiger partial charge on any atom is 0.254 e. The van der Waals surface area contributed by atoms with E-state index in [9.17, 15) is 4.79 Å². The second-order valence-electron chi connectivity index (χ2n) is 6.14. The molecule has 4 rings (SSSR count). The number of carbonyl (C=O) groups is 1. The van der Waals surface area contributed by atoms with E-state index in [1.807, 2.05) is 41.3 Å². The van der Waals surface area contributed by atoms with Crippen molar-refractivity contribution in [2.45, 2.75) is 25.2 Å². The summed E-state index contributed by atoms with van der Waals surface area (Å²) >= 11 is 0. The van der Waals surface area contributed by atoms with Crippen molar-refractivity contribution in [1.29, 1.82) is 0 Å². The monoisotopic (exact) mass is 324 g/mol. The van der Waals surface area contributed by atoms with Gasteiger partial charge in [0.2, 0.25) is 0 Å². The van der Waals surface area contributed by atoms with Crippen LogP contribution >= 0.6 is 0 Å². The van der Waals surface area contributed by atoms with Crippen molar-refractivity contribution < 1.29 is 14.3 Å². The second kappa shape index (κ2) is 6.71. The summed E-state index contributed by atoms with van der Waals surface area (Å²) in [7, 11) is 0. The third-order valence-corrected chi connectivity index (χ3v) is 4.63. The highest BCUT2D eigenvalue weighted by Gasteiger charge is 2.31. The molecule has 1 aromatic carbocycles. The third kappa shape index (κ3) is 2.92. The first-order valence-corrected chi connectivity index (χ1v) is 8.37. The van der Waals surface area contributed by atoms with Gasteiger partial charge >= 0.3 is 0 Å². The minimum atomic E-state index is -0.354. The van der Waals surface area contributed by atoms with Gasteiger partial charge in [0.25, 0.3) is 5.91 Å². The molecule has 1 amide bonds. The van der Waals surface area contributed by atoms with Gasteiger partial charge in [-0.15, -0.1) is 0 Å². The van der Waals surface area contributed by atoms with E-state index in [2.05, 4.69) is 4.98 Å². The predicted octanol–water partition coefficient (Wildman–Crippen LogP) is 3.10. The molecule has 2 aliphatic heterocycles. The number of hydrogen-bond donors (Lipinski definition) is 0. The maximum absolute atomic E-state index is 13.0. The summed E-state index contributed by atoms with van der Waals surface area (Å²) in [4.78, 5) is 19.1. The average Bonchev–Trinajstić information content (AvgIpc) is 3.34. The van der Waals surface area contributed by atoms with E-state index in [1.54, 1.807) is 12.4 Å². The summed E-state index contributed by atoms with van der Waals surface area (Å²) in [6.45, 7) is 1.98. The first-order valence-electron chi connectivity index (χ1n) is 8.37. The SMILES string of the molecule is O=C(c1cccc(C2OCCO2)c1)N1CCC[C@H]1c1ccncc1. The van der Waals surface area contributed by atoms with Crippen LogP contribution in [0.5, 0.6) is 0 Å². The maximum atomic E-state index is 13.0. The molecule has 0 bridgehead atoms. The first-order chi connectivity index (χ1) is 11.8. The van der Waals surface area contributed by atoms with Crippen LogP contribution in [0.1, 0.15) is 46.7 Å². The van der Waals surface area contributed by atoms with Gasteiger partial charge in [-0.2, -0.15) is 0 Å². The van der Waals surface area contributed by atoms with Crippen LogP contribution in [0.25, 0.3) is 0 Å². The van der Waals surface area contributed by atoms with Gasteiger partial charge in [-0.1, -0.05) is 12.1 Å². The first kappa shape index (κ1) is 15.3. The van der Waals surface area contributed by atoms with E-state index >= 15 is 0 Å². The Morgan fingerprint density at radius 3 is 2.67 bits per heavy atom. The minimum Gasteiger partial charge on any atom is -0.346 e.